The topological polar surface area (TPSA) is 26.3 Å². The van der Waals surface area contributed by atoms with Crippen molar-refractivity contribution < 1.29 is 9.53 Å². The van der Waals surface area contributed by atoms with E-state index < -0.39 is 0 Å². The van der Waals surface area contributed by atoms with Crippen LogP contribution in [0.3, 0.4) is 0 Å². The van der Waals surface area contributed by atoms with Crippen LogP contribution in [0, 0.1) is 11.8 Å². The number of unbranched alkanes of at least 4 members (excludes halogenated alkanes) is 6. The first kappa shape index (κ1) is 20.2. The van der Waals surface area contributed by atoms with Crippen molar-refractivity contribution in [1.29, 1.82) is 0 Å². The highest BCUT2D eigenvalue weighted by molar-refractivity contribution is 5.72. The van der Waals surface area contributed by atoms with E-state index in [9.17, 15) is 4.79 Å². The van der Waals surface area contributed by atoms with Crippen LogP contribution < -0.4 is 0 Å². The van der Waals surface area contributed by atoms with Crippen molar-refractivity contribution in [2.45, 2.75) is 85.5 Å². The molecule has 0 fully saturated rings. The molecule has 0 N–H and O–H groups in total. The monoisotopic (exact) mass is 296 g/mol. The first-order valence-corrected chi connectivity index (χ1v) is 9.00. The zero-order valence-electron chi connectivity index (χ0n) is 14.7. The van der Waals surface area contributed by atoms with Crippen LogP contribution >= 0.6 is 0 Å². The lowest BCUT2D eigenvalue weighted by molar-refractivity contribution is -0.148. The van der Waals surface area contributed by atoms with Gasteiger partial charge >= 0.3 is 5.97 Å². The SMILES string of the molecule is CCCCCCCC/C=C/C(CCC)C(C)C(=O)OCC. The molecular weight excluding hydrogens is 260 g/mol. The molecule has 0 saturated carbocycles. The molecule has 2 nitrogen and oxygen atoms in total. The summed E-state index contributed by atoms with van der Waals surface area (Å²) in [5.74, 6) is 0.250. The third-order valence-corrected chi connectivity index (χ3v) is 4.03. The van der Waals surface area contributed by atoms with Crippen LogP contribution in [0.15, 0.2) is 12.2 Å². The van der Waals surface area contributed by atoms with Gasteiger partial charge in [-0.25, -0.2) is 0 Å². The smallest absolute Gasteiger partial charge is 0.309 e. The Hall–Kier alpha value is -0.790. The molecule has 0 saturated heterocycles. The second-order valence-electron chi connectivity index (χ2n) is 5.98. The fraction of sp³-hybridized carbons (Fsp3) is 0.842. The highest BCUT2D eigenvalue weighted by atomic mass is 16.5. The average molecular weight is 296 g/mol. The normalized spacial score (nSPS) is 14.3. The van der Waals surface area contributed by atoms with Crippen molar-refractivity contribution >= 4 is 5.97 Å². The van der Waals surface area contributed by atoms with E-state index in [-0.39, 0.29) is 11.9 Å². The molecule has 0 radical (unpaired) electrons. The molecule has 0 heterocycles. The zero-order chi connectivity index (χ0) is 15.9. The number of allylic oxidation sites excluding steroid dienone is 2. The Morgan fingerprint density at radius 1 is 1.00 bits per heavy atom. The second kappa shape index (κ2) is 14.2. The number of ether oxygens (including phenoxy) is 1. The minimum absolute atomic E-state index is 0.0225. The van der Waals surface area contributed by atoms with Crippen molar-refractivity contribution in [3.63, 3.8) is 0 Å². The summed E-state index contributed by atoms with van der Waals surface area (Å²) in [7, 11) is 0. The van der Waals surface area contributed by atoms with Gasteiger partial charge in [-0.05, 0) is 32.1 Å². The first-order valence-electron chi connectivity index (χ1n) is 9.00. The maximum atomic E-state index is 11.8. The van der Waals surface area contributed by atoms with Crippen LogP contribution in [-0.4, -0.2) is 12.6 Å². The molecule has 0 amide bonds. The van der Waals surface area contributed by atoms with E-state index in [2.05, 4.69) is 26.0 Å². The van der Waals surface area contributed by atoms with E-state index in [0.29, 0.717) is 12.5 Å². The molecule has 0 aromatic carbocycles. The predicted octanol–water partition coefficient (Wildman–Crippen LogP) is 5.91. The number of hydrogen-bond donors (Lipinski definition) is 0. The van der Waals surface area contributed by atoms with Crippen LogP contribution in [-0.2, 0) is 9.53 Å². The Balaban J connectivity index is 4.01. The Morgan fingerprint density at radius 2 is 1.67 bits per heavy atom. The predicted molar refractivity (Wildman–Crippen MR) is 91.3 cm³/mol. The minimum atomic E-state index is -0.0554. The largest absolute Gasteiger partial charge is 0.466 e. The molecule has 21 heavy (non-hydrogen) atoms. The summed E-state index contributed by atoms with van der Waals surface area (Å²) >= 11 is 0. The van der Waals surface area contributed by atoms with E-state index in [1.165, 1.54) is 38.5 Å². The van der Waals surface area contributed by atoms with E-state index in [0.717, 1.165) is 19.3 Å². The summed E-state index contributed by atoms with van der Waals surface area (Å²) in [4.78, 5) is 11.8. The van der Waals surface area contributed by atoms with Gasteiger partial charge in [-0.1, -0.05) is 71.4 Å². The quantitative estimate of drug-likeness (QED) is 0.240. The van der Waals surface area contributed by atoms with Crippen LogP contribution in [0.2, 0.25) is 0 Å². The molecule has 0 aliphatic rings. The van der Waals surface area contributed by atoms with Gasteiger partial charge < -0.3 is 4.74 Å². The Kier molecular flexibility index (Phi) is 13.6. The van der Waals surface area contributed by atoms with Crippen molar-refractivity contribution in [2.24, 2.45) is 11.8 Å². The summed E-state index contributed by atoms with van der Waals surface area (Å²) in [6, 6.07) is 0. The molecule has 0 rings (SSSR count). The van der Waals surface area contributed by atoms with Gasteiger partial charge in [0.1, 0.15) is 0 Å². The van der Waals surface area contributed by atoms with E-state index in [1.807, 2.05) is 13.8 Å². The van der Waals surface area contributed by atoms with Gasteiger partial charge in [-0.15, -0.1) is 0 Å². The maximum Gasteiger partial charge on any atom is 0.309 e. The minimum Gasteiger partial charge on any atom is -0.466 e. The van der Waals surface area contributed by atoms with Gasteiger partial charge in [0.05, 0.1) is 12.5 Å². The summed E-state index contributed by atoms with van der Waals surface area (Å²) in [6.07, 6.45) is 15.8. The fourth-order valence-corrected chi connectivity index (χ4v) is 2.61. The Morgan fingerprint density at radius 3 is 2.29 bits per heavy atom. The lowest BCUT2D eigenvalue weighted by Crippen LogP contribution is -2.22. The van der Waals surface area contributed by atoms with Crippen LogP contribution in [0.1, 0.15) is 85.5 Å². The zero-order valence-corrected chi connectivity index (χ0v) is 14.7. The van der Waals surface area contributed by atoms with E-state index in [4.69, 9.17) is 4.74 Å². The molecule has 0 aliphatic carbocycles. The van der Waals surface area contributed by atoms with Crippen molar-refractivity contribution in [1.82, 2.24) is 0 Å². The Bertz CT molecular complexity index is 271. The van der Waals surface area contributed by atoms with Gasteiger partial charge in [0.15, 0.2) is 0 Å². The van der Waals surface area contributed by atoms with Crippen LogP contribution in [0.5, 0.6) is 0 Å². The fourth-order valence-electron chi connectivity index (χ4n) is 2.61. The lowest BCUT2D eigenvalue weighted by atomic mass is 9.89. The highest BCUT2D eigenvalue weighted by Gasteiger charge is 2.22. The van der Waals surface area contributed by atoms with Crippen LogP contribution in [0.4, 0.5) is 0 Å². The summed E-state index contributed by atoms with van der Waals surface area (Å²) in [5, 5.41) is 0. The second-order valence-corrected chi connectivity index (χ2v) is 5.98. The van der Waals surface area contributed by atoms with Gasteiger partial charge in [0.2, 0.25) is 0 Å². The molecule has 0 bridgehead atoms. The average Bonchev–Trinajstić information content (AvgIpc) is 2.48. The van der Waals surface area contributed by atoms with E-state index in [1.54, 1.807) is 0 Å². The highest BCUT2D eigenvalue weighted by Crippen LogP contribution is 2.21. The number of rotatable bonds is 13. The lowest BCUT2D eigenvalue weighted by Gasteiger charge is -2.18. The molecule has 124 valence electrons. The standard InChI is InChI=1S/C19H36O2/c1-5-8-9-10-11-12-13-14-16-18(15-6-2)17(4)19(20)21-7-3/h14,16-18H,5-13,15H2,1-4H3/b16-14+. The third kappa shape index (κ3) is 10.6. The number of hydrogen-bond acceptors (Lipinski definition) is 2. The molecule has 0 aliphatic heterocycles. The summed E-state index contributed by atoms with van der Waals surface area (Å²) in [5.41, 5.74) is 0. The van der Waals surface area contributed by atoms with Crippen molar-refractivity contribution in [2.75, 3.05) is 6.61 Å². The molecule has 2 unspecified atom stereocenters. The summed E-state index contributed by atoms with van der Waals surface area (Å²) < 4.78 is 5.14. The maximum absolute atomic E-state index is 11.8. The number of carbonyl (C=O) groups is 1. The van der Waals surface area contributed by atoms with Crippen LogP contribution in [0.25, 0.3) is 0 Å². The Labute approximate surface area is 132 Å². The van der Waals surface area contributed by atoms with Gasteiger partial charge in [-0.2, -0.15) is 0 Å². The van der Waals surface area contributed by atoms with Crippen molar-refractivity contribution in [3.8, 4) is 0 Å². The molecule has 0 aromatic heterocycles. The van der Waals surface area contributed by atoms with Gasteiger partial charge in [0.25, 0.3) is 0 Å². The molecule has 0 spiro atoms. The summed E-state index contributed by atoms with van der Waals surface area (Å²) in [6.45, 7) is 8.76. The molecule has 2 heteroatoms. The molecule has 2 atom stereocenters. The third-order valence-electron chi connectivity index (χ3n) is 4.03. The number of carbonyl (C=O) groups excluding carboxylic acids is 1. The first-order chi connectivity index (χ1) is 10.2. The molecule has 0 aromatic rings. The van der Waals surface area contributed by atoms with Gasteiger partial charge in [0, 0.05) is 0 Å². The molecular formula is C19H36O2. The van der Waals surface area contributed by atoms with Gasteiger partial charge in [-0.3, -0.25) is 4.79 Å². The van der Waals surface area contributed by atoms with Crippen molar-refractivity contribution in [3.05, 3.63) is 12.2 Å². The number of esters is 1. The van der Waals surface area contributed by atoms with E-state index >= 15 is 0 Å².